The Labute approximate surface area is 231 Å². The number of hydrogen-bond donors (Lipinski definition) is 1. The Morgan fingerprint density at radius 3 is 2.74 bits per heavy atom. The highest BCUT2D eigenvalue weighted by Crippen LogP contribution is 2.41. The van der Waals surface area contributed by atoms with E-state index in [0.717, 1.165) is 36.0 Å². The number of benzene rings is 3. The Balaban J connectivity index is 1.20. The molecule has 1 N–H and O–H groups in total. The van der Waals surface area contributed by atoms with E-state index >= 15 is 0 Å². The number of aryl methyl sites for hydroxylation is 1. The zero-order valence-corrected chi connectivity index (χ0v) is 22.3. The van der Waals surface area contributed by atoms with Crippen molar-refractivity contribution in [2.45, 2.75) is 38.8 Å². The molecule has 1 aliphatic carbocycles. The lowest BCUT2D eigenvalue weighted by molar-refractivity contribution is -0.134. The van der Waals surface area contributed by atoms with E-state index in [9.17, 15) is 9.59 Å². The van der Waals surface area contributed by atoms with Crippen molar-refractivity contribution in [1.29, 1.82) is 0 Å². The van der Waals surface area contributed by atoms with Gasteiger partial charge in [0.2, 0.25) is 11.8 Å². The first-order chi connectivity index (χ1) is 18.9. The topological polar surface area (TPSA) is 84.7 Å². The first-order valence-corrected chi connectivity index (χ1v) is 13.5. The first kappa shape index (κ1) is 25.2. The summed E-state index contributed by atoms with van der Waals surface area (Å²) in [5.41, 5.74) is 5.26. The average Bonchev–Trinajstić information content (AvgIpc) is 3.67. The summed E-state index contributed by atoms with van der Waals surface area (Å²) in [4.78, 5) is 32.1. The van der Waals surface area contributed by atoms with Crippen LogP contribution in [0.2, 0.25) is 5.02 Å². The zero-order valence-electron chi connectivity index (χ0n) is 21.5. The van der Waals surface area contributed by atoms with Gasteiger partial charge in [-0.25, -0.2) is 4.98 Å². The fourth-order valence-electron chi connectivity index (χ4n) is 5.07. The van der Waals surface area contributed by atoms with Crippen LogP contribution in [0.5, 0.6) is 5.75 Å². The quantitative estimate of drug-likeness (QED) is 0.294. The lowest BCUT2D eigenvalue weighted by Gasteiger charge is -2.38. The minimum absolute atomic E-state index is 0.0586. The van der Waals surface area contributed by atoms with Crippen molar-refractivity contribution in [2.24, 2.45) is 5.92 Å². The lowest BCUT2D eigenvalue weighted by atomic mass is 9.87. The van der Waals surface area contributed by atoms with E-state index in [4.69, 9.17) is 20.8 Å². The van der Waals surface area contributed by atoms with Gasteiger partial charge in [-0.3, -0.25) is 9.59 Å². The molecule has 3 aromatic carbocycles. The molecule has 0 radical (unpaired) electrons. The number of amides is 2. The molecule has 39 heavy (non-hydrogen) atoms. The van der Waals surface area contributed by atoms with Gasteiger partial charge in [0.1, 0.15) is 12.0 Å². The van der Waals surface area contributed by atoms with Gasteiger partial charge in [0, 0.05) is 23.2 Å². The van der Waals surface area contributed by atoms with Crippen LogP contribution in [0.3, 0.4) is 0 Å². The van der Waals surface area contributed by atoms with Crippen molar-refractivity contribution in [3.05, 3.63) is 112 Å². The van der Waals surface area contributed by atoms with Crippen LogP contribution in [0.1, 0.15) is 57.5 Å². The monoisotopic (exact) mass is 541 g/mol. The third kappa shape index (κ3) is 5.54. The summed E-state index contributed by atoms with van der Waals surface area (Å²) in [6.45, 7) is 2.83. The largest absolute Gasteiger partial charge is 0.484 e. The van der Waals surface area contributed by atoms with Crippen molar-refractivity contribution in [3.8, 4) is 5.75 Å². The number of nitrogens with zero attached hydrogens (tertiary/aromatic N) is 2. The maximum Gasteiger partial charge on any atom is 0.277 e. The number of ether oxygens (including phenoxy) is 1. The van der Waals surface area contributed by atoms with Crippen molar-refractivity contribution in [2.75, 3.05) is 11.9 Å². The molecule has 1 atom stereocenters. The number of nitrogens with one attached hydrogen (secondary N) is 1. The van der Waals surface area contributed by atoms with Gasteiger partial charge in [0.15, 0.2) is 12.3 Å². The second kappa shape index (κ2) is 10.6. The standard InChI is InChI=1S/C31H28ClN3O4/c1-19-4-2-5-22(14-19)29-26-16-25(11-10-20(26)12-13-35(29)31(37)21-8-9-21)38-18-28-34-27(17-39-28)30(36)33-24-7-3-6-23(32)15-24/h2-7,10-11,14-17,21,29H,8-9,12-13,18H2,1H3,(H,33,36). The van der Waals surface area contributed by atoms with Gasteiger partial charge in [-0.15, -0.1) is 0 Å². The molecule has 6 rings (SSSR count). The van der Waals surface area contributed by atoms with E-state index in [0.29, 0.717) is 23.0 Å². The second-order valence-corrected chi connectivity index (χ2v) is 10.5. The van der Waals surface area contributed by atoms with Crippen LogP contribution in [0.4, 0.5) is 5.69 Å². The van der Waals surface area contributed by atoms with Gasteiger partial charge in [0.25, 0.3) is 5.91 Å². The Hall–Kier alpha value is -4.10. The number of fused-ring (bicyclic) bond motifs is 1. The van der Waals surface area contributed by atoms with E-state index < -0.39 is 5.91 Å². The van der Waals surface area contributed by atoms with Crippen molar-refractivity contribution in [3.63, 3.8) is 0 Å². The molecular weight excluding hydrogens is 514 g/mol. The molecule has 1 fully saturated rings. The zero-order chi connectivity index (χ0) is 26.9. The van der Waals surface area contributed by atoms with Gasteiger partial charge in [-0.05, 0) is 73.2 Å². The molecule has 2 heterocycles. The van der Waals surface area contributed by atoms with Crippen LogP contribution < -0.4 is 10.1 Å². The molecule has 2 amide bonds. The number of hydrogen-bond acceptors (Lipinski definition) is 5. The van der Waals surface area contributed by atoms with Crippen molar-refractivity contribution >= 4 is 29.1 Å². The van der Waals surface area contributed by atoms with E-state index in [1.54, 1.807) is 24.3 Å². The fourth-order valence-corrected chi connectivity index (χ4v) is 5.26. The van der Waals surface area contributed by atoms with Crippen LogP contribution in [-0.2, 0) is 17.8 Å². The first-order valence-electron chi connectivity index (χ1n) is 13.1. The summed E-state index contributed by atoms with van der Waals surface area (Å²) >= 11 is 5.99. The summed E-state index contributed by atoms with van der Waals surface area (Å²) in [7, 11) is 0. The number of rotatable bonds is 7. The number of carbonyl (C=O) groups excluding carboxylic acids is 2. The normalized spacial score (nSPS) is 16.5. The molecule has 1 saturated carbocycles. The maximum atomic E-state index is 13.3. The lowest BCUT2D eigenvalue weighted by Crippen LogP contribution is -2.41. The molecule has 1 unspecified atom stereocenters. The molecule has 1 aromatic heterocycles. The number of carbonyl (C=O) groups is 2. The summed E-state index contributed by atoms with van der Waals surface area (Å²) in [5, 5.41) is 3.28. The molecular formula is C31H28ClN3O4. The van der Waals surface area contributed by atoms with Crippen LogP contribution in [0.25, 0.3) is 0 Å². The molecule has 2 aliphatic rings. The molecule has 198 valence electrons. The maximum absolute atomic E-state index is 13.3. The SMILES string of the molecule is Cc1cccc(C2c3cc(OCc4nc(C(=O)Nc5cccc(Cl)c5)co4)ccc3CCN2C(=O)C2CC2)c1. The molecule has 7 nitrogen and oxygen atoms in total. The highest BCUT2D eigenvalue weighted by Gasteiger charge is 2.39. The number of anilines is 1. The molecule has 4 aromatic rings. The van der Waals surface area contributed by atoms with E-state index in [-0.39, 0.29) is 36.1 Å². The Morgan fingerprint density at radius 2 is 1.95 bits per heavy atom. The molecule has 8 heteroatoms. The number of halogens is 1. The van der Waals surface area contributed by atoms with Crippen LogP contribution in [-0.4, -0.2) is 28.2 Å². The molecule has 0 saturated heterocycles. The van der Waals surface area contributed by atoms with Crippen LogP contribution in [0.15, 0.2) is 77.4 Å². The summed E-state index contributed by atoms with van der Waals surface area (Å²) in [5.74, 6) is 0.915. The minimum Gasteiger partial charge on any atom is -0.484 e. The number of aromatic nitrogens is 1. The second-order valence-electron chi connectivity index (χ2n) is 10.1. The molecule has 0 spiro atoms. The predicted molar refractivity (Wildman–Crippen MR) is 148 cm³/mol. The minimum atomic E-state index is -0.400. The molecule has 1 aliphatic heterocycles. The van der Waals surface area contributed by atoms with Crippen LogP contribution in [0, 0.1) is 12.8 Å². The Kier molecular flexibility index (Phi) is 6.83. The van der Waals surface area contributed by atoms with Crippen molar-refractivity contribution < 1.29 is 18.7 Å². The molecule has 0 bridgehead atoms. The summed E-state index contributed by atoms with van der Waals surface area (Å²) < 4.78 is 11.5. The van der Waals surface area contributed by atoms with Gasteiger partial charge in [0.05, 0.1) is 6.04 Å². The highest BCUT2D eigenvalue weighted by molar-refractivity contribution is 6.30. The van der Waals surface area contributed by atoms with Gasteiger partial charge < -0.3 is 19.4 Å². The van der Waals surface area contributed by atoms with E-state index in [2.05, 4.69) is 41.5 Å². The highest BCUT2D eigenvalue weighted by atomic mass is 35.5. The number of oxazole rings is 1. The third-order valence-electron chi connectivity index (χ3n) is 7.14. The van der Waals surface area contributed by atoms with Crippen LogP contribution >= 0.6 is 11.6 Å². The van der Waals surface area contributed by atoms with Gasteiger partial charge >= 0.3 is 0 Å². The predicted octanol–water partition coefficient (Wildman–Crippen LogP) is 6.35. The Bertz CT molecular complexity index is 1540. The smallest absolute Gasteiger partial charge is 0.277 e. The van der Waals surface area contributed by atoms with E-state index in [1.165, 1.54) is 11.8 Å². The third-order valence-corrected chi connectivity index (χ3v) is 7.38. The van der Waals surface area contributed by atoms with Crippen molar-refractivity contribution in [1.82, 2.24) is 9.88 Å². The average molecular weight is 542 g/mol. The summed E-state index contributed by atoms with van der Waals surface area (Å²) in [6, 6.07) is 21.1. The van der Waals surface area contributed by atoms with E-state index in [1.807, 2.05) is 23.1 Å². The van der Waals surface area contributed by atoms with Gasteiger partial charge in [-0.2, -0.15) is 0 Å². The Morgan fingerprint density at radius 1 is 1.10 bits per heavy atom. The van der Waals surface area contributed by atoms with Gasteiger partial charge in [-0.1, -0.05) is 53.6 Å². The summed E-state index contributed by atoms with van der Waals surface area (Å²) in [6.07, 6.45) is 4.06. The fraction of sp³-hybridized carbons (Fsp3) is 0.258.